The molecule has 0 aliphatic carbocycles. The van der Waals surface area contributed by atoms with Crippen LogP contribution in [0.3, 0.4) is 0 Å². The number of carbonyl (C=O) groups excluding carboxylic acids is 1. The molecule has 2 saturated heterocycles. The molecular formula is C10H18N2O. The van der Waals surface area contributed by atoms with E-state index in [0.717, 1.165) is 13.1 Å². The highest BCUT2D eigenvalue weighted by Gasteiger charge is 2.35. The van der Waals surface area contributed by atoms with Crippen molar-refractivity contribution in [3.63, 3.8) is 0 Å². The first-order valence-corrected chi connectivity index (χ1v) is 5.22. The van der Waals surface area contributed by atoms with Crippen molar-refractivity contribution >= 4 is 5.91 Å². The first-order chi connectivity index (χ1) is 6.18. The minimum Gasteiger partial charge on any atom is -0.337 e. The number of piperazine rings is 1. The molecule has 74 valence electrons. The molecule has 2 rings (SSSR count). The van der Waals surface area contributed by atoms with Gasteiger partial charge in [-0.2, -0.15) is 0 Å². The molecule has 0 N–H and O–H groups in total. The van der Waals surface area contributed by atoms with E-state index in [2.05, 4.69) is 23.6 Å². The fourth-order valence-corrected chi connectivity index (χ4v) is 2.35. The zero-order valence-electron chi connectivity index (χ0n) is 8.49. The maximum atomic E-state index is 11.7. The average molecular weight is 182 g/mol. The van der Waals surface area contributed by atoms with Crippen LogP contribution in [0.25, 0.3) is 0 Å². The summed E-state index contributed by atoms with van der Waals surface area (Å²) in [5, 5.41) is 0. The van der Waals surface area contributed by atoms with Gasteiger partial charge in [-0.3, -0.25) is 9.69 Å². The van der Waals surface area contributed by atoms with E-state index in [9.17, 15) is 4.79 Å². The van der Waals surface area contributed by atoms with E-state index in [-0.39, 0.29) is 0 Å². The van der Waals surface area contributed by atoms with Gasteiger partial charge in [-0.25, -0.2) is 0 Å². The molecule has 1 atom stereocenters. The standard InChI is InChI=1S/C10H18N2O/c1-8(2)11-6-9-4-3-5-12(9)10(13)7-11/h8-9H,3-7H2,1-2H3. The normalized spacial score (nSPS) is 29.9. The third-order valence-electron chi connectivity index (χ3n) is 3.21. The van der Waals surface area contributed by atoms with E-state index < -0.39 is 0 Å². The Morgan fingerprint density at radius 3 is 2.92 bits per heavy atom. The van der Waals surface area contributed by atoms with Crippen LogP contribution < -0.4 is 0 Å². The number of fused-ring (bicyclic) bond motifs is 1. The fourth-order valence-electron chi connectivity index (χ4n) is 2.35. The van der Waals surface area contributed by atoms with Crippen LogP contribution in [0.1, 0.15) is 26.7 Å². The Kier molecular flexibility index (Phi) is 2.28. The third kappa shape index (κ3) is 1.57. The van der Waals surface area contributed by atoms with Gasteiger partial charge in [0, 0.05) is 25.2 Å². The summed E-state index contributed by atoms with van der Waals surface area (Å²) in [6, 6.07) is 1.02. The van der Waals surface area contributed by atoms with E-state index in [1.54, 1.807) is 0 Å². The number of carbonyl (C=O) groups is 1. The minimum absolute atomic E-state index is 0.336. The Morgan fingerprint density at radius 1 is 1.46 bits per heavy atom. The summed E-state index contributed by atoms with van der Waals surface area (Å²) >= 11 is 0. The molecule has 0 aromatic rings. The first kappa shape index (κ1) is 9.00. The molecule has 3 nitrogen and oxygen atoms in total. The summed E-state index contributed by atoms with van der Waals surface area (Å²) in [5.74, 6) is 0.336. The van der Waals surface area contributed by atoms with Crippen LogP contribution in [0.2, 0.25) is 0 Å². The van der Waals surface area contributed by atoms with Crippen LogP contribution in [0, 0.1) is 0 Å². The summed E-state index contributed by atoms with van der Waals surface area (Å²) in [6.07, 6.45) is 2.40. The van der Waals surface area contributed by atoms with Gasteiger partial charge in [0.25, 0.3) is 0 Å². The summed E-state index contributed by atoms with van der Waals surface area (Å²) < 4.78 is 0. The molecule has 1 unspecified atom stereocenters. The number of rotatable bonds is 1. The molecule has 2 heterocycles. The average Bonchev–Trinajstić information content (AvgIpc) is 2.51. The Balaban J connectivity index is 2.05. The number of hydrogen-bond acceptors (Lipinski definition) is 2. The van der Waals surface area contributed by atoms with Crippen molar-refractivity contribution in [1.29, 1.82) is 0 Å². The van der Waals surface area contributed by atoms with Crippen LogP contribution in [0.15, 0.2) is 0 Å². The third-order valence-corrected chi connectivity index (χ3v) is 3.21. The number of amides is 1. The number of hydrogen-bond donors (Lipinski definition) is 0. The molecule has 1 amide bonds. The van der Waals surface area contributed by atoms with E-state index in [0.29, 0.717) is 24.5 Å². The van der Waals surface area contributed by atoms with Crippen LogP contribution in [0.5, 0.6) is 0 Å². The highest BCUT2D eigenvalue weighted by molar-refractivity contribution is 5.79. The molecule has 2 aliphatic rings. The zero-order valence-corrected chi connectivity index (χ0v) is 8.49. The molecule has 0 bridgehead atoms. The lowest BCUT2D eigenvalue weighted by Gasteiger charge is -2.39. The molecule has 0 aromatic carbocycles. The van der Waals surface area contributed by atoms with Gasteiger partial charge in [0.2, 0.25) is 5.91 Å². The maximum absolute atomic E-state index is 11.7. The highest BCUT2D eigenvalue weighted by Crippen LogP contribution is 2.23. The second-order valence-corrected chi connectivity index (χ2v) is 4.41. The van der Waals surface area contributed by atoms with Crippen molar-refractivity contribution in [2.45, 2.75) is 38.8 Å². The predicted molar refractivity (Wildman–Crippen MR) is 51.4 cm³/mol. The van der Waals surface area contributed by atoms with Crippen LogP contribution in [-0.2, 0) is 4.79 Å². The van der Waals surface area contributed by atoms with Gasteiger partial charge in [-0.15, -0.1) is 0 Å². The van der Waals surface area contributed by atoms with Crippen molar-refractivity contribution < 1.29 is 4.79 Å². The van der Waals surface area contributed by atoms with Crippen LogP contribution in [-0.4, -0.2) is 47.4 Å². The smallest absolute Gasteiger partial charge is 0.237 e. The van der Waals surface area contributed by atoms with E-state index in [4.69, 9.17) is 0 Å². The molecule has 0 radical (unpaired) electrons. The molecule has 0 aromatic heterocycles. The second-order valence-electron chi connectivity index (χ2n) is 4.41. The molecule has 2 fully saturated rings. The van der Waals surface area contributed by atoms with Crippen LogP contribution in [0.4, 0.5) is 0 Å². The largest absolute Gasteiger partial charge is 0.337 e. The Bertz CT molecular complexity index is 215. The van der Waals surface area contributed by atoms with Crippen molar-refractivity contribution in [2.24, 2.45) is 0 Å². The van der Waals surface area contributed by atoms with Crippen LogP contribution >= 0.6 is 0 Å². The second kappa shape index (κ2) is 3.29. The molecule has 0 saturated carbocycles. The predicted octanol–water partition coefficient (Wildman–Crippen LogP) is 0.701. The van der Waals surface area contributed by atoms with E-state index in [1.807, 2.05) is 0 Å². The lowest BCUT2D eigenvalue weighted by atomic mass is 10.1. The highest BCUT2D eigenvalue weighted by atomic mass is 16.2. The molecular weight excluding hydrogens is 164 g/mol. The summed E-state index contributed by atoms with van der Waals surface area (Å²) in [7, 11) is 0. The van der Waals surface area contributed by atoms with Gasteiger partial charge in [-0.05, 0) is 26.7 Å². The summed E-state index contributed by atoms with van der Waals surface area (Å²) in [4.78, 5) is 16.0. The molecule has 2 aliphatic heterocycles. The zero-order chi connectivity index (χ0) is 9.42. The van der Waals surface area contributed by atoms with Crippen molar-refractivity contribution in [3.05, 3.63) is 0 Å². The van der Waals surface area contributed by atoms with Crippen molar-refractivity contribution in [3.8, 4) is 0 Å². The topological polar surface area (TPSA) is 23.6 Å². The van der Waals surface area contributed by atoms with E-state index in [1.165, 1.54) is 12.8 Å². The van der Waals surface area contributed by atoms with Crippen molar-refractivity contribution in [1.82, 2.24) is 9.80 Å². The number of nitrogens with zero attached hydrogens (tertiary/aromatic N) is 2. The van der Waals surface area contributed by atoms with Gasteiger partial charge in [0.05, 0.1) is 6.54 Å². The first-order valence-electron chi connectivity index (χ1n) is 5.22. The maximum Gasteiger partial charge on any atom is 0.237 e. The Labute approximate surface area is 79.7 Å². The Morgan fingerprint density at radius 2 is 2.23 bits per heavy atom. The van der Waals surface area contributed by atoms with Gasteiger partial charge in [0.15, 0.2) is 0 Å². The lowest BCUT2D eigenvalue weighted by molar-refractivity contribution is -0.138. The monoisotopic (exact) mass is 182 g/mol. The fraction of sp³-hybridized carbons (Fsp3) is 0.900. The van der Waals surface area contributed by atoms with Gasteiger partial charge in [-0.1, -0.05) is 0 Å². The van der Waals surface area contributed by atoms with Gasteiger partial charge < -0.3 is 4.90 Å². The molecule has 13 heavy (non-hydrogen) atoms. The molecule has 3 heteroatoms. The van der Waals surface area contributed by atoms with Gasteiger partial charge in [0.1, 0.15) is 0 Å². The molecule has 0 spiro atoms. The van der Waals surface area contributed by atoms with Gasteiger partial charge >= 0.3 is 0 Å². The lowest BCUT2D eigenvalue weighted by Crippen LogP contribution is -2.55. The van der Waals surface area contributed by atoms with E-state index >= 15 is 0 Å². The summed E-state index contributed by atoms with van der Waals surface area (Å²) in [6.45, 7) is 7.04. The minimum atomic E-state index is 0.336. The SMILES string of the molecule is CC(C)N1CC(=O)N2CCCC2C1. The van der Waals surface area contributed by atoms with Crippen molar-refractivity contribution in [2.75, 3.05) is 19.6 Å². The Hall–Kier alpha value is -0.570. The quantitative estimate of drug-likeness (QED) is 0.596. The summed E-state index contributed by atoms with van der Waals surface area (Å²) in [5.41, 5.74) is 0.